The average Bonchev–Trinajstić information content (AvgIpc) is 3.67. The minimum Gasteiger partial charge on any atom is -0.306 e. The highest BCUT2D eigenvalue weighted by Gasteiger charge is 2.61. The Morgan fingerprint density at radius 3 is 2.02 bits per heavy atom. The molecule has 244 valence electrons. The van der Waals surface area contributed by atoms with Crippen molar-refractivity contribution in [3.8, 4) is 39.3 Å². The van der Waals surface area contributed by atoms with E-state index in [1.54, 1.807) is 11.1 Å². The quantitative estimate of drug-likeness (QED) is 0.190. The summed E-state index contributed by atoms with van der Waals surface area (Å²) in [6.45, 7) is 0. The third-order valence-electron chi connectivity index (χ3n) is 13.5. The summed E-state index contributed by atoms with van der Waals surface area (Å²) >= 11 is 0. The van der Waals surface area contributed by atoms with Gasteiger partial charge in [-0.15, -0.1) is 0 Å². The fourth-order valence-electron chi connectivity index (χ4n) is 11.7. The molecule has 0 atom stereocenters. The van der Waals surface area contributed by atoms with Gasteiger partial charge in [-0.05, 0) is 113 Å². The summed E-state index contributed by atoms with van der Waals surface area (Å²) in [6.07, 6.45) is 11.1. The van der Waals surface area contributed by atoms with Crippen LogP contribution >= 0.6 is 0 Å². The van der Waals surface area contributed by atoms with Crippen LogP contribution in [0.3, 0.4) is 0 Å². The van der Waals surface area contributed by atoms with E-state index in [0.29, 0.717) is 0 Å². The molecule has 0 radical (unpaired) electrons. The molecule has 8 aromatic rings. The number of rotatable bonds is 3. The molecule has 0 amide bonds. The van der Waals surface area contributed by atoms with Gasteiger partial charge in [0, 0.05) is 27.1 Å². The van der Waals surface area contributed by atoms with Crippen LogP contribution in [0, 0.1) is 23.7 Å². The molecule has 4 fully saturated rings. The van der Waals surface area contributed by atoms with E-state index in [-0.39, 0.29) is 5.41 Å². The van der Waals surface area contributed by atoms with Gasteiger partial charge < -0.3 is 4.57 Å². The van der Waals surface area contributed by atoms with E-state index in [1.807, 2.05) is 30.6 Å². The van der Waals surface area contributed by atoms with Crippen LogP contribution in [0.15, 0.2) is 140 Å². The molecule has 3 heteroatoms. The highest BCUT2D eigenvalue weighted by atomic mass is 15.0. The van der Waals surface area contributed by atoms with Crippen LogP contribution in [0.1, 0.15) is 43.2 Å². The first-order valence-corrected chi connectivity index (χ1v) is 18.8. The molecule has 1 spiro atoms. The van der Waals surface area contributed by atoms with Crippen LogP contribution in [0.2, 0.25) is 0 Å². The van der Waals surface area contributed by atoms with E-state index in [1.165, 1.54) is 86.9 Å². The minimum atomic E-state index is 0.203. The highest BCUT2D eigenvalue weighted by Crippen LogP contribution is 2.69. The van der Waals surface area contributed by atoms with Gasteiger partial charge in [0.25, 0.3) is 0 Å². The van der Waals surface area contributed by atoms with Gasteiger partial charge in [-0.1, -0.05) is 109 Å². The summed E-state index contributed by atoms with van der Waals surface area (Å²) in [6, 6.07) is 47.5. The Morgan fingerprint density at radius 1 is 0.510 bits per heavy atom. The van der Waals surface area contributed by atoms with Crippen LogP contribution in [-0.4, -0.2) is 14.5 Å². The second-order valence-electron chi connectivity index (χ2n) is 15.9. The zero-order valence-corrected chi connectivity index (χ0v) is 28.5. The molecule has 0 aliphatic heterocycles. The summed E-state index contributed by atoms with van der Waals surface area (Å²) < 4.78 is 2.36. The molecule has 6 aromatic carbocycles. The fraction of sp³-hybridized carbons (Fsp3) is 0.208. The summed E-state index contributed by atoms with van der Waals surface area (Å²) in [5.41, 5.74) is 13.3. The normalized spacial score (nSPS) is 24.2. The van der Waals surface area contributed by atoms with Crippen LogP contribution in [0.4, 0.5) is 0 Å². The number of hydrogen-bond donors (Lipinski definition) is 0. The van der Waals surface area contributed by atoms with E-state index in [9.17, 15) is 0 Å². The van der Waals surface area contributed by atoms with Crippen LogP contribution in [0.5, 0.6) is 0 Å². The Labute approximate surface area is 297 Å². The average molecular weight is 656 g/mol. The second kappa shape index (κ2) is 10.3. The molecule has 0 N–H and O–H groups in total. The number of nitrogens with zero attached hydrogens (tertiary/aromatic N) is 3. The van der Waals surface area contributed by atoms with E-state index in [4.69, 9.17) is 9.97 Å². The van der Waals surface area contributed by atoms with Gasteiger partial charge in [0.05, 0.1) is 29.1 Å². The maximum atomic E-state index is 4.85. The maximum Gasteiger partial charge on any atom is 0.159 e. The first-order chi connectivity index (χ1) is 25.2. The minimum absolute atomic E-state index is 0.203. The van der Waals surface area contributed by atoms with Gasteiger partial charge in [-0.25, -0.2) is 9.97 Å². The van der Waals surface area contributed by atoms with Crippen molar-refractivity contribution in [2.24, 2.45) is 23.7 Å². The highest BCUT2D eigenvalue weighted by molar-refractivity contribution is 6.19. The molecule has 0 saturated heterocycles. The molecule has 5 aliphatic carbocycles. The molecule has 4 saturated carbocycles. The zero-order chi connectivity index (χ0) is 33.3. The SMILES string of the molecule is c1ccc(-c2ncc(-n3c4ccc(-c5ccc6c(c5)-c5ccccc5C65C6CC7CC(C6)CC5C7)cc4c4ccc5ccccc5c43)cn2)cc1. The summed E-state index contributed by atoms with van der Waals surface area (Å²) in [5.74, 6) is 4.21. The molecule has 2 heterocycles. The Bertz CT molecular complexity index is 2670. The molecule has 0 unspecified atom stereocenters. The van der Waals surface area contributed by atoms with Crippen molar-refractivity contribution in [1.29, 1.82) is 0 Å². The van der Waals surface area contributed by atoms with Gasteiger partial charge in [-0.3, -0.25) is 0 Å². The Kier molecular flexibility index (Phi) is 5.67. The van der Waals surface area contributed by atoms with Crippen LogP contribution in [-0.2, 0) is 5.41 Å². The van der Waals surface area contributed by atoms with E-state index >= 15 is 0 Å². The van der Waals surface area contributed by atoms with Crippen molar-refractivity contribution in [2.75, 3.05) is 0 Å². The van der Waals surface area contributed by atoms with Gasteiger partial charge in [0.2, 0.25) is 0 Å². The van der Waals surface area contributed by atoms with Crippen LogP contribution < -0.4 is 0 Å². The number of benzene rings is 6. The van der Waals surface area contributed by atoms with Crippen LogP contribution in [0.25, 0.3) is 71.9 Å². The van der Waals surface area contributed by atoms with Crippen molar-refractivity contribution in [3.63, 3.8) is 0 Å². The third kappa shape index (κ3) is 3.79. The van der Waals surface area contributed by atoms with Gasteiger partial charge >= 0.3 is 0 Å². The van der Waals surface area contributed by atoms with Crippen molar-refractivity contribution in [1.82, 2.24) is 14.5 Å². The Balaban J connectivity index is 1.04. The maximum absolute atomic E-state index is 4.85. The van der Waals surface area contributed by atoms with Crippen molar-refractivity contribution < 1.29 is 0 Å². The topological polar surface area (TPSA) is 30.7 Å². The lowest BCUT2D eigenvalue weighted by atomic mass is 9.43. The molecular weight excluding hydrogens is 619 g/mol. The number of aromatic nitrogens is 3. The number of fused-ring (bicyclic) bond motifs is 8. The predicted molar refractivity (Wildman–Crippen MR) is 208 cm³/mol. The van der Waals surface area contributed by atoms with Gasteiger partial charge in [-0.2, -0.15) is 0 Å². The molecular formula is C48H37N3. The molecule has 4 bridgehead atoms. The Hall–Kier alpha value is -5.54. The lowest BCUT2D eigenvalue weighted by Crippen LogP contribution is -2.55. The molecule has 5 aliphatic rings. The van der Waals surface area contributed by atoms with E-state index < -0.39 is 0 Å². The summed E-state index contributed by atoms with van der Waals surface area (Å²) in [4.78, 5) is 9.69. The van der Waals surface area contributed by atoms with Gasteiger partial charge in [0.1, 0.15) is 0 Å². The zero-order valence-electron chi connectivity index (χ0n) is 28.5. The third-order valence-corrected chi connectivity index (χ3v) is 13.5. The van der Waals surface area contributed by atoms with E-state index in [0.717, 1.165) is 40.7 Å². The predicted octanol–water partition coefficient (Wildman–Crippen LogP) is 11.8. The molecule has 51 heavy (non-hydrogen) atoms. The fourth-order valence-corrected chi connectivity index (χ4v) is 11.7. The van der Waals surface area contributed by atoms with Crippen molar-refractivity contribution in [2.45, 2.75) is 37.5 Å². The standard InChI is InChI=1S/C48H37N3/c1-2-9-32(10-3-1)47-49-27-37(28-50-47)51-45-19-16-34(26-42(45)40-17-14-31-8-4-5-11-38(31)46(40)51)33-15-18-44-41(25-33)39-12-6-7-13-43(39)48(44)35-21-29-20-30(23-35)24-36(48)22-29/h1-19,25-30,35-36H,20-24H2. The first kappa shape index (κ1) is 28.2. The first-order valence-electron chi connectivity index (χ1n) is 18.8. The summed E-state index contributed by atoms with van der Waals surface area (Å²) in [7, 11) is 0. The van der Waals surface area contributed by atoms with E-state index in [2.05, 4.69) is 114 Å². The van der Waals surface area contributed by atoms with Crippen molar-refractivity contribution in [3.05, 3.63) is 151 Å². The summed E-state index contributed by atoms with van der Waals surface area (Å²) in [5, 5.41) is 4.96. The van der Waals surface area contributed by atoms with Gasteiger partial charge in [0.15, 0.2) is 5.82 Å². The number of hydrogen-bond acceptors (Lipinski definition) is 2. The lowest BCUT2D eigenvalue weighted by molar-refractivity contribution is -0.0399. The largest absolute Gasteiger partial charge is 0.306 e. The molecule has 2 aromatic heterocycles. The molecule has 13 rings (SSSR count). The molecule has 3 nitrogen and oxygen atoms in total. The van der Waals surface area contributed by atoms with Crippen molar-refractivity contribution >= 4 is 32.6 Å². The lowest BCUT2D eigenvalue weighted by Gasteiger charge is -2.61. The second-order valence-corrected chi connectivity index (χ2v) is 15.9. The monoisotopic (exact) mass is 655 g/mol. The Morgan fingerprint density at radius 2 is 1.20 bits per heavy atom. The smallest absolute Gasteiger partial charge is 0.159 e.